The fourth-order valence-electron chi connectivity index (χ4n) is 3.14. The zero-order chi connectivity index (χ0) is 27.6. The van der Waals surface area contributed by atoms with Crippen LogP contribution in [0.2, 0.25) is 0 Å². The summed E-state index contributed by atoms with van der Waals surface area (Å²) in [6, 6.07) is 0. The zero-order valence-electron chi connectivity index (χ0n) is 22.7. The topological polar surface area (TPSA) is 132 Å². The fraction of sp³-hybridized carbons (Fsp3) is 0.815. The molecule has 0 rings (SSSR count). The molecule has 0 spiro atoms. The van der Waals surface area contributed by atoms with Gasteiger partial charge in [-0.1, -0.05) is 0 Å². The minimum absolute atomic E-state index is 0.133. The van der Waals surface area contributed by atoms with Gasteiger partial charge in [-0.3, -0.25) is 19.2 Å². The molecule has 37 heavy (non-hydrogen) atoms. The van der Waals surface area contributed by atoms with Crippen LogP contribution in [0.5, 0.6) is 0 Å². The van der Waals surface area contributed by atoms with Gasteiger partial charge in [0.25, 0.3) is 0 Å². The molecule has 214 valence electrons. The fourth-order valence-corrected chi connectivity index (χ4v) is 3.14. The molecule has 0 aromatic rings. The Kier molecular flexibility index (Phi) is 23.5. The lowest BCUT2D eigenvalue weighted by Gasteiger charge is -2.07. The Bertz CT molecular complexity index is 647. The minimum Gasteiger partial charge on any atom is -0.466 e. The lowest BCUT2D eigenvalue weighted by molar-refractivity contribution is -0.145. The highest BCUT2D eigenvalue weighted by Crippen LogP contribution is 2.05. The van der Waals surface area contributed by atoms with Crippen molar-refractivity contribution in [3.05, 3.63) is 0 Å². The SMILES string of the molecule is COCCCCC(=O)OCCCCC(=O)OCCCCC(=O)OCCCCC(=O)OCCCCC(C)=O. The first-order valence-electron chi connectivity index (χ1n) is 13.5. The van der Waals surface area contributed by atoms with Gasteiger partial charge in [0, 0.05) is 45.8 Å². The number of ketones is 1. The summed E-state index contributed by atoms with van der Waals surface area (Å²) in [4.78, 5) is 57.4. The van der Waals surface area contributed by atoms with E-state index in [0.717, 1.165) is 19.3 Å². The molecule has 0 heterocycles. The third kappa shape index (κ3) is 26.4. The number of carbonyl (C=O) groups is 5. The van der Waals surface area contributed by atoms with Crippen molar-refractivity contribution in [2.24, 2.45) is 0 Å². The van der Waals surface area contributed by atoms with Crippen LogP contribution in [-0.4, -0.2) is 69.8 Å². The number of methoxy groups -OCH3 is 1. The van der Waals surface area contributed by atoms with Crippen molar-refractivity contribution in [1.29, 1.82) is 0 Å². The van der Waals surface area contributed by atoms with Crippen LogP contribution in [0, 0.1) is 0 Å². The van der Waals surface area contributed by atoms with Crippen LogP contribution < -0.4 is 0 Å². The van der Waals surface area contributed by atoms with E-state index >= 15 is 0 Å². The van der Waals surface area contributed by atoms with Crippen molar-refractivity contribution in [1.82, 2.24) is 0 Å². The first-order chi connectivity index (χ1) is 17.8. The molecule has 0 aromatic carbocycles. The standard InChI is InChI=1S/C27H46O10/c1-23(28)13-3-9-19-34-25(30)15-5-11-21-36-27(32)17-7-12-22-37-26(31)16-6-10-20-35-24(29)14-4-8-18-33-2/h3-22H2,1-2H3. The zero-order valence-corrected chi connectivity index (χ0v) is 22.7. The monoisotopic (exact) mass is 530 g/mol. The van der Waals surface area contributed by atoms with Crippen molar-refractivity contribution in [2.75, 3.05) is 40.1 Å². The van der Waals surface area contributed by atoms with Crippen LogP contribution in [0.3, 0.4) is 0 Å². The van der Waals surface area contributed by atoms with E-state index in [2.05, 4.69) is 0 Å². The highest BCUT2D eigenvalue weighted by atomic mass is 16.5. The molecular weight excluding hydrogens is 484 g/mol. The summed E-state index contributed by atoms with van der Waals surface area (Å²) in [6.45, 7) is 3.29. The van der Waals surface area contributed by atoms with Gasteiger partial charge < -0.3 is 28.5 Å². The van der Waals surface area contributed by atoms with Crippen LogP contribution in [0.1, 0.15) is 103 Å². The molecular formula is C27H46O10. The molecule has 0 amide bonds. The van der Waals surface area contributed by atoms with Crippen LogP contribution in [0.4, 0.5) is 0 Å². The van der Waals surface area contributed by atoms with E-state index in [1.54, 1.807) is 7.11 Å². The van der Waals surface area contributed by atoms with E-state index < -0.39 is 0 Å². The number of hydrogen-bond donors (Lipinski definition) is 0. The molecule has 0 atom stereocenters. The summed E-state index contributed by atoms with van der Waals surface area (Å²) < 4.78 is 25.4. The molecule has 0 aromatic heterocycles. The highest BCUT2D eigenvalue weighted by Gasteiger charge is 2.07. The maximum absolute atomic E-state index is 11.7. The molecule has 10 heteroatoms. The first-order valence-corrected chi connectivity index (χ1v) is 13.5. The normalized spacial score (nSPS) is 10.5. The maximum Gasteiger partial charge on any atom is 0.305 e. The average Bonchev–Trinajstić information content (AvgIpc) is 2.85. The Labute approximate surface area is 221 Å². The van der Waals surface area contributed by atoms with Crippen molar-refractivity contribution in [3.63, 3.8) is 0 Å². The molecule has 0 unspecified atom stereocenters. The summed E-state index contributed by atoms with van der Waals surface area (Å²) >= 11 is 0. The Balaban J connectivity index is 3.46. The molecule has 0 aliphatic rings. The van der Waals surface area contributed by atoms with Crippen LogP contribution in [0.15, 0.2) is 0 Å². The van der Waals surface area contributed by atoms with Gasteiger partial charge in [-0.2, -0.15) is 0 Å². The third-order valence-electron chi connectivity index (χ3n) is 5.28. The summed E-state index contributed by atoms with van der Waals surface area (Å²) in [5, 5.41) is 0. The number of esters is 4. The minimum atomic E-state index is -0.312. The third-order valence-corrected chi connectivity index (χ3v) is 5.28. The van der Waals surface area contributed by atoms with E-state index in [1.165, 1.54) is 6.92 Å². The van der Waals surface area contributed by atoms with Crippen molar-refractivity contribution < 1.29 is 47.7 Å². The quantitative estimate of drug-likeness (QED) is 0.0958. The van der Waals surface area contributed by atoms with E-state index in [1.807, 2.05) is 0 Å². The lowest BCUT2D eigenvalue weighted by Crippen LogP contribution is -2.10. The van der Waals surface area contributed by atoms with E-state index in [-0.39, 0.29) is 62.1 Å². The number of carbonyl (C=O) groups excluding carboxylic acids is 5. The van der Waals surface area contributed by atoms with Gasteiger partial charge in [-0.15, -0.1) is 0 Å². The highest BCUT2D eigenvalue weighted by molar-refractivity contribution is 5.75. The number of hydrogen-bond acceptors (Lipinski definition) is 10. The van der Waals surface area contributed by atoms with Gasteiger partial charge in [0.2, 0.25) is 0 Å². The van der Waals surface area contributed by atoms with E-state index in [9.17, 15) is 24.0 Å². The smallest absolute Gasteiger partial charge is 0.305 e. The van der Waals surface area contributed by atoms with Crippen LogP contribution in [0.25, 0.3) is 0 Å². The number of unbranched alkanes of at least 4 members (excludes halogenated alkanes) is 5. The summed E-state index contributed by atoms with van der Waals surface area (Å²) in [6.07, 6.45) is 8.10. The van der Waals surface area contributed by atoms with Gasteiger partial charge in [-0.05, 0) is 71.1 Å². The van der Waals surface area contributed by atoms with Gasteiger partial charge in [-0.25, -0.2) is 0 Å². The van der Waals surface area contributed by atoms with E-state index in [4.69, 9.17) is 23.7 Å². The summed E-state index contributed by atoms with van der Waals surface area (Å²) in [5.74, 6) is -0.993. The van der Waals surface area contributed by atoms with Crippen molar-refractivity contribution in [3.8, 4) is 0 Å². The molecule has 0 N–H and O–H groups in total. The second kappa shape index (κ2) is 25.2. The Morgan fingerprint density at radius 1 is 0.405 bits per heavy atom. The molecule has 0 aliphatic carbocycles. The summed E-state index contributed by atoms with van der Waals surface area (Å²) in [5.41, 5.74) is 0. The molecule has 10 nitrogen and oxygen atoms in total. The van der Waals surface area contributed by atoms with Gasteiger partial charge in [0.1, 0.15) is 5.78 Å². The van der Waals surface area contributed by atoms with Crippen molar-refractivity contribution >= 4 is 29.7 Å². The molecule has 0 aliphatic heterocycles. The Hall–Kier alpha value is -2.49. The second-order valence-electron chi connectivity index (χ2n) is 8.86. The van der Waals surface area contributed by atoms with Gasteiger partial charge in [0.05, 0.1) is 26.4 Å². The summed E-state index contributed by atoms with van der Waals surface area (Å²) in [7, 11) is 1.62. The number of Topliss-reactive ketones (excluding diaryl/α,β-unsaturated/α-hetero) is 1. The van der Waals surface area contributed by atoms with Gasteiger partial charge in [0.15, 0.2) is 0 Å². The maximum atomic E-state index is 11.7. The lowest BCUT2D eigenvalue weighted by atomic mass is 10.2. The number of ether oxygens (including phenoxy) is 5. The molecule has 0 bridgehead atoms. The predicted molar refractivity (Wildman–Crippen MR) is 136 cm³/mol. The molecule has 0 radical (unpaired) electrons. The number of rotatable bonds is 25. The molecule has 0 saturated carbocycles. The van der Waals surface area contributed by atoms with Crippen LogP contribution in [-0.2, 0) is 47.7 Å². The van der Waals surface area contributed by atoms with Gasteiger partial charge >= 0.3 is 23.9 Å². The second-order valence-corrected chi connectivity index (χ2v) is 8.86. The first kappa shape index (κ1) is 34.5. The Morgan fingerprint density at radius 2 is 0.676 bits per heavy atom. The Morgan fingerprint density at radius 3 is 0.946 bits per heavy atom. The molecule has 0 fully saturated rings. The predicted octanol–water partition coefficient (Wildman–Crippen LogP) is 4.25. The molecule has 0 saturated heterocycles. The largest absolute Gasteiger partial charge is 0.466 e. The van der Waals surface area contributed by atoms with Crippen molar-refractivity contribution in [2.45, 2.75) is 103 Å². The van der Waals surface area contributed by atoms with E-state index in [0.29, 0.717) is 77.6 Å². The average molecular weight is 531 g/mol. The van der Waals surface area contributed by atoms with Crippen LogP contribution >= 0.6 is 0 Å².